The predicted octanol–water partition coefficient (Wildman–Crippen LogP) is 1.57. The lowest BCUT2D eigenvalue weighted by atomic mass is 9.89. The van der Waals surface area contributed by atoms with Gasteiger partial charge in [0, 0.05) is 11.5 Å². The van der Waals surface area contributed by atoms with Crippen molar-refractivity contribution in [1.29, 1.82) is 0 Å². The number of carbonyl (C=O) groups is 1. The van der Waals surface area contributed by atoms with Crippen LogP contribution in [0.25, 0.3) is 0 Å². The van der Waals surface area contributed by atoms with E-state index in [2.05, 4.69) is 0 Å². The minimum Gasteiger partial charge on any atom is -0.508 e. The summed E-state index contributed by atoms with van der Waals surface area (Å²) in [5, 5.41) is 17.6. The zero-order chi connectivity index (χ0) is 12.3. The van der Waals surface area contributed by atoms with Crippen molar-refractivity contribution in [2.24, 2.45) is 11.7 Å². The third kappa shape index (κ3) is 2.90. The van der Waals surface area contributed by atoms with Crippen LogP contribution in [0.3, 0.4) is 0 Å². The minimum atomic E-state index is -1.95. The molecule has 0 saturated heterocycles. The predicted molar refractivity (Wildman–Crippen MR) is 52.8 cm³/mol. The lowest BCUT2D eigenvalue weighted by Gasteiger charge is -2.18. The van der Waals surface area contributed by atoms with Gasteiger partial charge in [-0.05, 0) is 18.6 Å². The van der Waals surface area contributed by atoms with E-state index in [9.17, 15) is 13.6 Å². The van der Waals surface area contributed by atoms with Crippen LogP contribution in [0.2, 0.25) is 0 Å². The van der Waals surface area contributed by atoms with Gasteiger partial charge in [-0.25, -0.2) is 0 Å². The Bertz CT molecular complexity index is 384. The molecule has 0 radical (unpaired) electrons. The van der Waals surface area contributed by atoms with Crippen LogP contribution < -0.4 is 5.73 Å². The van der Waals surface area contributed by atoms with Crippen LogP contribution in [0, 0.1) is 5.92 Å². The highest BCUT2D eigenvalue weighted by atomic mass is 19.3. The van der Waals surface area contributed by atoms with Gasteiger partial charge in [-0.15, -0.1) is 0 Å². The Labute approximate surface area is 90.4 Å². The van der Waals surface area contributed by atoms with E-state index < -0.39 is 29.6 Å². The second-order valence-corrected chi connectivity index (χ2v) is 3.43. The van der Waals surface area contributed by atoms with E-state index in [4.69, 9.17) is 15.9 Å². The first-order valence-electron chi connectivity index (χ1n) is 4.54. The summed E-state index contributed by atoms with van der Waals surface area (Å²) in [6.45, 7) is 0. The van der Waals surface area contributed by atoms with Crippen LogP contribution in [0.4, 0.5) is 8.78 Å². The number of nitrogens with two attached hydrogens (primary N) is 1. The molecule has 0 amide bonds. The van der Waals surface area contributed by atoms with Gasteiger partial charge in [0.05, 0.1) is 0 Å². The SMILES string of the molecule is N[C@@H](CC1C=CC(O)=CC1=C(F)F)C(=O)O. The van der Waals surface area contributed by atoms with Crippen molar-refractivity contribution in [3.8, 4) is 0 Å². The Kier molecular flexibility index (Phi) is 3.78. The van der Waals surface area contributed by atoms with Crippen LogP contribution in [-0.2, 0) is 4.79 Å². The Morgan fingerprint density at radius 1 is 1.56 bits per heavy atom. The van der Waals surface area contributed by atoms with Gasteiger partial charge in [-0.3, -0.25) is 4.79 Å². The number of rotatable bonds is 3. The van der Waals surface area contributed by atoms with Gasteiger partial charge in [0.25, 0.3) is 6.08 Å². The summed E-state index contributed by atoms with van der Waals surface area (Å²) >= 11 is 0. The molecule has 0 saturated carbocycles. The van der Waals surface area contributed by atoms with Gasteiger partial charge < -0.3 is 15.9 Å². The number of carboxylic acid groups (broad SMARTS) is 1. The van der Waals surface area contributed by atoms with Crippen LogP contribution in [0.1, 0.15) is 6.42 Å². The summed E-state index contributed by atoms with van der Waals surface area (Å²) in [6.07, 6.45) is 1.38. The zero-order valence-electron chi connectivity index (χ0n) is 8.23. The van der Waals surface area contributed by atoms with Crippen molar-refractivity contribution >= 4 is 5.97 Å². The van der Waals surface area contributed by atoms with Gasteiger partial charge in [-0.1, -0.05) is 6.08 Å². The summed E-state index contributed by atoms with van der Waals surface area (Å²) in [5.41, 5.74) is 4.87. The molecule has 0 aromatic heterocycles. The molecule has 4 nitrogen and oxygen atoms in total. The van der Waals surface area contributed by atoms with Gasteiger partial charge in [0.15, 0.2) is 0 Å². The van der Waals surface area contributed by atoms with E-state index in [0.717, 1.165) is 6.08 Å². The zero-order valence-corrected chi connectivity index (χ0v) is 8.23. The maximum Gasteiger partial charge on any atom is 0.320 e. The number of aliphatic hydroxyl groups is 1. The number of aliphatic carboxylic acids is 1. The summed E-state index contributed by atoms with van der Waals surface area (Å²) in [7, 11) is 0. The standard InChI is InChI=1S/C10H11F2NO3/c11-9(12)7-4-6(14)2-1-5(7)3-8(13)10(15)16/h1-2,4-5,8,14H,3,13H2,(H,15,16)/t5?,8-/m0/s1. The number of hydrogen-bond acceptors (Lipinski definition) is 3. The molecular formula is C10H11F2NO3. The lowest BCUT2D eigenvalue weighted by Crippen LogP contribution is -2.32. The van der Waals surface area contributed by atoms with E-state index in [1.54, 1.807) is 0 Å². The van der Waals surface area contributed by atoms with Crippen LogP contribution in [0.5, 0.6) is 0 Å². The maximum absolute atomic E-state index is 12.5. The summed E-state index contributed by atoms with van der Waals surface area (Å²) < 4.78 is 25.0. The molecule has 0 aromatic rings. The highest BCUT2D eigenvalue weighted by molar-refractivity contribution is 5.73. The normalized spacial score (nSPS) is 21.6. The van der Waals surface area contributed by atoms with E-state index in [0.29, 0.717) is 0 Å². The molecule has 1 aliphatic carbocycles. The number of aliphatic hydroxyl groups excluding tert-OH is 1. The molecule has 88 valence electrons. The molecule has 4 N–H and O–H groups in total. The smallest absolute Gasteiger partial charge is 0.320 e. The van der Waals surface area contributed by atoms with Crippen molar-refractivity contribution in [2.45, 2.75) is 12.5 Å². The van der Waals surface area contributed by atoms with Crippen LogP contribution in [0.15, 0.2) is 35.6 Å². The van der Waals surface area contributed by atoms with Crippen molar-refractivity contribution in [3.05, 3.63) is 35.6 Å². The molecule has 0 bridgehead atoms. The fourth-order valence-corrected chi connectivity index (χ4v) is 1.41. The molecule has 16 heavy (non-hydrogen) atoms. The highest BCUT2D eigenvalue weighted by Crippen LogP contribution is 2.29. The van der Waals surface area contributed by atoms with Gasteiger partial charge >= 0.3 is 5.97 Å². The fraction of sp³-hybridized carbons (Fsp3) is 0.300. The molecule has 1 unspecified atom stereocenters. The van der Waals surface area contributed by atoms with E-state index >= 15 is 0 Å². The Morgan fingerprint density at radius 3 is 2.69 bits per heavy atom. The Hall–Kier alpha value is -1.69. The average molecular weight is 231 g/mol. The number of carboxylic acids is 1. The molecule has 1 aliphatic rings. The Balaban J connectivity index is 2.86. The molecule has 0 aromatic carbocycles. The molecule has 1 rings (SSSR count). The minimum absolute atomic E-state index is 0.137. The second kappa shape index (κ2) is 4.89. The number of hydrogen-bond donors (Lipinski definition) is 3. The third-order valence-corrected chi connectivity index (χ3v) is 2.25. The van der Waals surface area contributed by atoms with Crippen molar-refractivity contribution in [2.75, 3.05) is 0 Å². The largest absolute Gasteiger partial charge is 0.508 e. The topological polar surface area (TPSA) is 83.5 Å². The molecule has 0 spiro atoms. The lowest BCUT2D eigenvalue weighted by molar-refractivity contribution is -0.138. The number of halogens is 2. The Morgan fingerprint density at radius 2 is 2.19 bits per heavy atom. The number of allylic oxidation sites excluding steroid dienone is 4. The first-order chi connectivity index (χ1) is 7.41. The molecule has 0 aliphatic heterocycles. The van der Waals surface area contributed by atoms with Crippen LogP contribution in [-0.4, -0.2) is 22.2 Å². The van der Waals surface area contributed by atoms with Gasteiger partial charge in [0.2, 0.25) is 0 Å². The van der Waals surface area contributed by atoms with Crippen molar-refractivity contribution < 1.29 is 23.8 Å². The van der Waals surface area contributed by atoms with Crippen molar-refractivity contribution in [3.63, 3.8) is 0 Å². The summed E-state index contributed by atoms with van der Waals surface area (Å²) in [5.74, 6) is -2.32. The first kappa shape index (κ1) is 12.4. The summed E-state index contributed by atoms with van der Waals surface area (Å²) in [6, 6.07) is -1.21. The molecular weight excluding hydrogens is 220 g/mol. The fourth-order valence-electron chi connectivity index (χ4n) is 1.41. The van der Waals surface area contributed by atoms with Crippen molar-refractivity contribution in [1.82, 2.24) is 0 Å². The van der Waals surface area contributed by atoms with Gasteiger partial charge in [0.1, 0.15) is 11.8 Å². The molecule has 0 fully saturated rings. The first-order valence-corrected chi connectivity index (χ1v) is 4.54. The summed E-state index contributed by atoms with van der Waals surface area (Å²) in [4.78, 5) is 10.5. The van der Waals surface area contributed by atoms with E-state index in [-0.39, 0.29) is 12.2 Å². The average Bonchev–Trinajstić information content (AvgIpc) is 2.20. The monoisotopic (exact) mass is 231 g/mol. The third-order valence-electron chi connectivity index (χ3n) is 2.25. The second-order valence-electron chi connectivity index (χ2n) is 3.43. The quantitative estimate of drug-likeness (QED) is 0.688. The van der Waals surface area contributed by atoms with E-state index in [1.165, 1.54) is 12.2 Å². The molecule has 6 heteroatoms. The van der Waals surface area contributed by atoms with E-state index in [1.807, 2.05) is 0 Å². The van der Waals surface area contributed by atoms with Gasteiger partial charge in [-0.2, -0.15) is 8.78 Å². The maximum atomic E-state index is 12.5. The van der Waals surface area contributed by atoms with Crippen LogP contribution >= 0.6 is 0 Å². The highest BCUT2D eigenvalue weighted by Gasteiger charge is 2.24. The molecule has 0 heterocycles. The molecule has 2 atom stereocenters.